The number of aromatic hydroxyl groups is 1. The fourth-order valence-corrected chi connectivity index (χ4v) is 7.98. The van der Waals surface area contributed by atoms with Crippen LogP contribution in [0.4, 0.5) is 10.1 Å². The summed E-state index contributed by atoms with van der Waals surface area (Å²) in [6.07, 6.45) is 2.47. The van der Waals surface area contributed by atoms with Crippen LogP contribution in [0.15, 0.2) is 48.0 Å². The third-order valence-electron chi connectivity index (χ3n) is 9.69. The number of fused-ring (bicyclic) bond motifs is 4. The molecule has 0 spiro atoms. The highest BCUT2D eigenvalue weighted by Crippen LogP contribution is 2.64. The number of hydrogen-bond donors (Lipinski definition) is 1. The molecular formula is C32H32ClFN2O5. The molecule has 7 nitrogen and oxygen atoms in total. The Morgan fingerprint density at radius 2 is 1.73 bits per heavy atom. The Hall–Kier alpha value is -3.52. The number of phenolic OH excluding ortho intramolecular Hbond substituents is 1. The molecule has 4 aliphatic rings. The van der Waals surface area contributed by atoms with E-state index in [1.807, 2.05) is 26.8 Å². The second kappa shape index (κ2) is 8.99. The van der Waals surface area contributed by atoms with Crippen LogP contribution in [0, 0.1) is 41.8 Å². The highest BCUT2D eigenvalue weighted by atomic mass is 35.5. The number of imide groups is 2. The van der Waals surface area contributed by atoms with Crippen molar-refractivity contribution in [2.75, 3.05) is 4.90 Å². The number of phenols is 1. The molecule has 3 fully saturated rings. The molecule has 2 heterocycles. The summed E-state index contributed by atoms with van der Waals surface area (Å²) >= 11 is 6.04. The maximum absolute atomic E-state index is 14.4. The van der Waals surface area contributed by atoms with Crippen molar-refractivity contribution in [3.8, 4) is 5.75 Å². The summed E-state index contributed by atoms with van der Waals surface area (Å²) in [6, 6.07) is 9.03. The maximum Gasteiger partial charge on any atom is 0.241 e. The summed E-state index contributed by atoms with van der Waals surface area (Å²) < 4.78 is 14.0. The molecule has 2 saturated heterocycles. The largest absolute Gasteiger partial charge is 0.507 e. The van der Waals surface area contributed by atoms with E-state index in [1.165, 1.54) is 17.0 Å². The molecule has 0 bridgehead atoms. The minimum atomic E-state index is -1.31. The van der Waals surface area contributed by atoms with Gasteiger partial charge in [-0.3, -0.25) is 24.1 Å². The first kappa shape index (κ1) is 27.6. The highest BCUT2D eigenvalue weighted by Gasteiger charge is 2.68. The third-order valence-corrected chi connectivity index (χ3v) is 9.98. The van der Waals surface area contributed by atoms with Gasteiger partial charge in [-0.1, -0.05) is 41.4 Å². The number of likely N-dealkylation sites (tertiary alicyclic amines) is 1. The number of nitrogens with zero attached hydrogens (tertiary/aromatic N) is 2. The van der Waals surface area contributed by atoms with Crippen LogP contribution in [0.1, 0.15) is 57.6 Å². The molecule has 2 aromatic carbocycles. The first-order valence-corrected chi connectivity index (χ1v) is 14.3. The minimum Gasteiger partial charge on any atom is -0.507 e. The van der Waals surface area contributed by atoms with Crippen molar-refractivity contribution in [3.05, 3.63) is 70.0 Å². The Balaban J connectivity index is 1.54. The van der Waals surface area contributed by atoms with Crippen LogP contribution < -0.4 is 4.90 Å². The number of anilines is 1. The number of para-hydroxylation sites is 1. The van der Waals surface area contributed by atoms with E-state index in [-0.39, 0.29) is 34.7 Å². The lowest BCUT2D eigenvalue weighted by molar-refractivity contribution is -0.145. The number of hydrogen-bond acceptors (Lipinski definition) is 5. The molecule has 2 aliphatic heterocycles. The van der Waals surface area contributed by atoms with E-state index < -0.39 is 58.2 Å². The van der Waals surface area contributed by atoms with Crippen LogP contribution >= 0.6 is 11.6 Å². The molecule has 4 amide bonds. The number of amides is 4. The molecule has 9 heteroatoms. The summed E-state index contributed by atoms with van der Waals surface area (Å²) in [7, 11) is 0. The highest BCUT2D eigenvalue weighted by molar-refractivity contribution is 6.31. The SMILES string of the molecule is Cc1cccc([C@H]2C3=CC[C@@H]4C(=O)N(C(C)(C)C)C(=O)[C@@H]4[C@@H]3C[C@H]3C(=O)N(c4ccc(F)c(Cl)c4)C(=O)[C@@]23C)c1O. The lowest BCUT2D eigenvalue weighted by Crippen LogP contribution is -2.49. The minimum absolute atomic E-state index is 0.0230. The predicted octanol–water partition coefficient (Wildman–Crippen LogP) is 5.52. The summed E-state index contributed by atoms with van der Waals surface area (Å²) in [5, 5.41) is 11.1. The second-order valence-electron chi connectivity index (χ2n) is 13.0. The Morgan fingerprint density at radius 1 is 1.02 bits per heavy atom. The van der Waals surface area contributed by atoms with Gasteiger partial charge >= 0.3 is 0 Å². The van der Waals surface area contributed by atoms with Gasteiger partial charge in [-0.15, -0.1) is 0 Å². The monoisotopic (exact) mass is 578 g/mol. The van der Waals surface area contributed by atoms with Gasteiger partial charge in [0.2, 0.25) is 23.6 Å². The molecular weight excluding hydrogens is 547 g/mol. The second-order valence-corrected chi connectivity index (χ2v) is 13.4. The van der Waals surface area contributed by atoms with E-state index in [1.54, 1.807) is 32.0 Å². The molecule has 0 aromatic heterocycles. The van der Waals surface area contributed by atoms with Crippen LogP contribution in [-0.2, 0) is 19.2 Å². The molecule has 6 atom stereocenters. The Bertz CT molecular complexity index is 1580. The fraction of sp³-hybridized carbons (Fsp3) is 0.438. The lowest BCUT2D eigenvalue weighted by atomic mass is 9.51. The quantitative estimate of drug-likeness (QED) is 0.374. The topological polar surface area (TPSA) is 95.0 Å². The first-order valence-electron chi connectivity index (χ1n) is 13.9. The number of aryl methyl sites for hydroxylation is 1. The molecule has 214 valence electrons. The van der Waals surface area contributed by atoms with Crippen molar-refractivity contribution in [2.24, 2.45) is 29.1 Å². The van der Waals surface area contributed by atoms with Crippen molar-refractivity contribution in [3.63, 3.8) is 0 Å². The zero-order valence-electron chi connectivity index (χ0n) is 23.6. The van der Waals surface area contributed by atoms with Crippen molar-refractivity contribution in [1.29, 1.82) is 0 Å². The van der Waals surface area contributed by atoms with E-state index in [9.17, 15) is 28.7 Å². The van der Waals surface area contributed by atoms with Crippen molar-refractivity contribution < 1.29 is 28.7 Å². The Labute approximate surface area is 243 Å². The maximum atomic E-state index is 14.4. The van der Waals surface area contributed by atoms with Gasteiger partial charge in [0.25, 0.3) is 0 Å². The van der Waals surface area contributed by atoms with Gasteiger partial charge in [-0.25, -0.2) is 9.29 Å². The number of benzene rings is 2. The molecule has 41 heavy (non-hydrogen) atoms. The van der Waals surface area contributed by atoms with E-state index in [4.69, 9.17) is 11.6 Å². The smallest absolute Gasteiger partial charge is 0.241 e. The molecule has 1 saturated carbocycles. The van der Waals surface area contributed by atoms with Crippen LogP contribution in [0.3, 0.4) is 0 Å². The number of carbonyl (C=O) groups is 4. The van der Waals surface area contributed by atoms with Crippen LogP contribution in [0.5, 0.6) is 5.75 Å². The van der Waals surface area contributed by atoms with Gasteiger partial charge in [0.1, 0.15) is 11.6 Å². The summed E-state index contributed by atoms with van der Waals surface area (Å²) in [6.45, 7) is 8.97. The number of halogens is 2. The molecule has 0 radical (unpaired) electrons. The van der Waals surface area contributed by atoms with Crippen molar-refractivity contribution in [1.82, 2.24) is 4.90 Å². The van der Waals surface area contributed by atoms with Gasteiger partial charge < -0.3 is 5.11 Å². The Kier molecular flexibility index (Phi) is 6.06. The fourth-order valence-electron chi connectivity index (χ4n) is 7.81. The molecule has 2 aromatic rings. The summed E-state index contributed by atoms with van der Waals surface area (Å²) in [5.41, 5.74) is 0.0489. The summed E-state index contributed by atoms with van der Waals surface area (Å²) in [4.78, 5) is 58.3. The summed E-state index contributed by atoms with van der Waals surface area (Å²) in [5.74, 6) is -5.35. The van der Waals surface area contributed by atoms with E-state index in [0.29, 0.717) is 17.5 Å². The number of carbonyl (C=O) groups excluding carboxylic acids is 4. The molecule has 1 N–H and O–H groups in total. The predicted molar refractivity (Wildman–Crippen MR) is 150 cm³/mol. The van der Waals surface area contributed by atoms with Gasteiger partial charge in [0.15, 0.2) is 0 Å². The van der Waals surface area contributed by atoms with Gasteiger partial charge in [-0.05, 0) is 77.1 Å². The van der Waals surface area contributed by atoms with Gasteiger partial charge in [-0.2, -0.15) is 0 Å². The van der Waals surface area contributed by atoms with Gasteiger partial charge in [0, 0.05) is 17.0 Å². The van der Waals surface area contributed by atoms with Crippen molar-refractivity contribution in [2.45, 2.75) is 58.9 Å². The number of rotatable bonds is 2. The van der Waals surface area contributed by atoms with Crippen molar-refractivity contribution >= 4 is 40.9 Å². The third kappa shape index (κ3) is 3.69. The Morgan fingerprint density at radius 3 is 2.39 bits per heavy atom. The number of allylic oxidation sites excluding steroid dienone is 2. The van der Waals surface area contributed by atoms with E-state index in [2.05, 4.69) is 0 Å². The van der Waals surface area contributed by atoms with Crippen LogP contribution in [-0.4, -0.2) is 39.2 Å². The average molecular weight is 579 g/mol. The normalized spacial score (nSPS) is 31.3. The van der Waals surface area contributed by atoms with Gasteiger partial charge in [0.05, 0.1) is 33.9 Å². The molecule has 2 aliphatic carbocycles. The zero-order chi connectivity index (χ0) is 29.8. The molecule has 6 rings (SSSR count). The van der Waals surface area contributed by atoms with E-state index in [0.717, 1.165) is 16.5 Å². The first-order chi connectivity index (χ1) is 19.2. The van der Waals surface area contributed by atoms with Crippen LogP contribution in [0.25, 0.3) is 0 Å². The standard InChI is InChI=1S/C32H32ClFN2O5/c1-15-7-6-8-19(26(15)37)25-17-10-11-18-24(29(40)36(27(18)38)31(2,3)4)20(17)14-21-28(39)35(30(41)32(21,25)5)16-9-12-23(34)22(33)13-16/h6-10,12-13,18,20-21,24-25,37H,11,14H2,1-5H3/t18-,20+,21-,24-,25+,32+/m0/s1. The molecule has 0 unspecified atom stereocenters. The zero-order valence-corrected chi connectivity index (χ0v) is 24.3. The van der Waals surface area contributed by atoms with E-state index >= 15 is 0 Å². The van der Waals surface area contributed by atoms with Crippen LogP contribution in [0.2, 0.25) is 5.02 Å². The lowest BCUT2D eigenvalue weighted by Gasteiger charge is -2.49. The average Bonchev–Trinajstić information content (AvgIpc) is 3.27.